The van der Waals surface area contributed by atoms with Gasteiger partial charge in [0, 0.05) is 17.3 Å². The van der Waals surface area contributed by atoms with Crippen LogP contribution in [0.25, 0.3) is 0 Å². The fourth-order valence-electron chi connectivity index (χ4n) is 2.35. The smallest absolute Gasteiger partial charge is 0.294 e. The van der Waals surface area contributed by atoms with Gasteiger partial charge in [-0.1, -0.05) is 12.1 Å². The van der Waals surface area contributed by atoms with Gasteiger partial charge in [-0.25, -0.2) is 0 Å². The van der Waals surface area contributed by atoms with Crippen LogP contribution in [-0.4, -0.2) is 20.5 Å². The van der Waals surface area contributed by atoms with Crippen LogP contribution in [-0.2, 0) is 6.54 Å². The van der Waals surface area contributed by atoms with Crippen LogP contribution in [0.2, 0.25) is 0 Å². The van der Waals surface area contributed by atoms with Crippen LogP contribution in [0.5, 0.6) is 0 Å². The zero-order valence-corrected chi connectivity index (χ0v) is 11.9. The number of hydrogen-bond acceptors (Lipinski definition) is 4. The van der Waals surface area contributed by atoms with Crippen molar-refractivity contribution in [3.05, 3.63) is 56.6 Å². The van der Waals surface area contributed by atoms with E-state index in [2.05, 4.69) is 5.10 Å². The highest BCUT2D eigenvalue weighted by Gasteiger charge is 2.20. The first kappa shape index (κ1) is 14.8. The molecule has 0 saturated carbocycles. The molecule has 0 atom stereocenters. The number of carbonyl (C=O) groups excluding carboxylic acids is 1. The predicted octanol–water partition coefficient (Wildman–Crippen LogP) is 2.80. The quantitative estimate of drug-likeness (QED) is 0.493. The molecule has 0 bridgehead atoms. The molecule has 1 aromatic carbocycles. The molecule has 2 rings (SSSR count). The summed E-state index contributed by atoms with van der Waals surface area (Å²) in [6.07, 6.45) is 0. The molecule has 0 fully saturated rings. The van der Waals surface area contributed by atoms with Gasteiger partial charge in [0.25, 0.3) is 0 Å². The molecule has 0 N–H and O–H groups in total. The zero-order chi connectivity index (χ0) is 15.7. The fraction of sp³-hybridized carbons (Fsp3) is 0.286. The van der Waals surface area contributed by atoms with E-state index in [4.69, 9.17) is 0 Å². The number of Topliss-reactive ketones (excluding diaryl/α,β-unsaturated/α-hetero) is 1. The summed E-state index contributed by atoms with van der Waals surface area (Å²) in [5.41, 5.74) is 1.27. The van der Waals surface area contributed by atoms with Crippen LogP contribution in [0.1, 0.15) is 34.2 Å². The molecular formula is C14H14FN3O3. The maximum absolute atomic E-state index is 14.1. The Kier molecular flexibility index (Phi) is 3.84. The van der Waals surface area contributed by atoms with E-state index < -0.39 is 16.4 Å². The summed E-state index contributed by atoms with van der Waals surface area (Å²) in [6.45, 7) is 4.89. The minimum absolute atomic E-state index is 0.0352. The van der Waals surface area contributed by atoms with Gasteiger partial charge in [0.2, 0.25) is 5.82 Å². The normalized spacial score (nSPS) is 10.7. The van der Waals surface area contributed by atoms with Crippen molar-refractivity contribution in [3.8, 4) is 0 Å². The lowest BCUT2D eigenvalue weighted by atomic mass is 10.1. The van der Waals surface area contributed by atoms with Crippen molar-refractivity contribution < 1.29 is 14.1 Å². The van der Waals surface area contributed by atoms with Crippen molar-refractivity contribution in [3.63, 3.8) is 0 Å². The van der Waals surface area contributed by atoms with Gasteiger partial charge < -0.3 is 0 Å². The minimum atomic E-state index is -0.876. The van der Waals surface area contributed by atoms with Crippen LogP contribution >= 0.6 is 0 Å². The van der Waals surface area contributed by atoms with E-state index in [0.717, 1.165) is 6.07 Å². The highest BCUT2D eigenvalue weighted by molar-refractivity contribution is 5.96. The summed E-state index contributed by atoms with van der Waals surface area (Å²) in [5, 5.41) is 14.9. The molecular weight excluding hydrogens is 277 g/mol. The van der Waals surface area contributed by atoms with Gasteiger partial charge in [-0.05, 0) is 20.8 Å². The van der Waals surface area contributed by atoms with Crippen LogP contribution in [0.15, 0.2) is 18.2 Å². The Morgan fingerprint density at radius 1 is 1.43 bits per heavy atom. The maximum atomic E-state index is 14.1. The third-order valence-electron chi connectivity index (χ3n) is 3.31. The topological polar surface area (TPSA) is 78.0 Å². The first-order valence-corrected chi connectivity index (χ1v) is 6.29. The predicted molar refractivity (Wildman–Crippen MR) is 73.9 cm³/mol. The number of nitro groups is 1. The first-order valence-electron chi connectivity index (χ1n) is 6.29. The largest absolute Gasteiger partial charge is 0.305 e. The number of aromatic nitrogens is 2. The highest BCUT2D eigenvalue weighted by Crippen LogP contribution is 2.22. The Hall–Kier alpha value is -2.57. The number of nitro benzene ring substituents is 1. The molecule has 0 radical (unpaired) electrons. The van der Waals surface area contributed by atoms with Crippen molar-refractivity contribution in [1.82, 2.24) is 9.78 Å². The van der Waals surface area contributed by atoms with E-state index in [0.29, 0.717) is 17.0 Å². The molecule has 0 spiro atoms. The molecule has 7 heteroatoms. The Morgan fingerprint density at radius 2 is 2.10 bits per heavy atom. The van der Waals surface area contributed by atoms with E-state index in [1.165, 1.54) is 23.7 Å². The molecule has 1 heterocycles. The van der Waals surface area contributed by atoms with Crippen molar-refractivity contribution >= 4 is 11.5 Å². The van der Waals surface area contributed by atoms with Crippen molar-refractivity contribution in [2.75, 3.05) is 0 Å². The summed E-state index contributed by atoms with van der Waals surface area (Å²) in [6, 6.07) is 4.00. The zero-order valence-electron chi connectivity index (χ0n) is 11.9. The van der Waals surface area contributed by atoms with Gasteiger partial charge >= 0.3 is 5.69 Å². The molecule has 0 aliphatic heterocycles. The van der Waals surface area contributed by atoms with E-state index in [-0.39, 0.29) is 17.9 Å². The minimum Gasteiger partial charge on any atom is -0.294 e. The van der Waals surface area contributed by atoms with Gasteiger partial charge in [0.05, 0.1) is 22.7 Å². The number of aryl methyl sites for hydroxylation is 1. The first-order chi connectivity index (χ1) is 9.82. The Morgan fingerprint density at radius 3 is 2.62 bits per heavy atom. The molecule has 0 aliphatic rings. The Bertz CT molecular complexity index is 737. The van der Waals surface area contributed by atoms with Crippen LogP contribution in [0.4, 0.5) is 10.1 Å². The summed E-state index contributed by atoms with van der Waals surface area (Å²) in [7, 11) is 0. The number of hydrogen-bond donors (Lipinski definition) is 0. The average Bonchev–Trinajstić information content (AvgIpc) is 2.66. The lowest BCUT2D eigenvalue weighted by molar-refractivity contribution is -0.387. The molecule has 0 amide bonds. The highest BCUT2D eigenvalue weighted by atomic mass is 19.1. The van der Waals surface area contributed by atoms with Crippen molar-refractivity contribution in [2.24, 2.45) is 0 Å². The monoisotopic (exact) mass is 291 g/mol. The number of nitrogens with zero attached hydrogens (tertiary/aromatic N) is 3. The molecule has 1 aromatic heterocycles. The van der Waals surface area contributed by atoms with Crippen LogP contribution in [0.3, 0.4) is 0 Å². The SMILES string of the molecule is CC(=O)c1c(C)nn(Cc2cccc([N+](=O)[O-])c2F)c1C. The summed E-state index contributed by atoms with van der Waals surface area (Å²) in [5.74, 6) is -0.991. The molecule has 21 heavy (non-hydrogen) atoms. The number of benzene rings is 1. The second-order valence-electron chi connectivity index (χ2n) is 4.77. The third-order valence-corrected chi connectivity index (χ3v) is 3.31. The van der Waals surface area contributed by atoms with E-state index in [9.17, 15) is 19.3 Å². The van der Waals surface area contributed by atoms with Crippen LogP contribution < -0.4 is 0 Å². The van der Waals surface area contributed by atoms with E-state index in [1.54, 1.807) is 13.8 Å². The number of carbonyl (C=O) groups is 1. The molecule has 0 unspecified atom stereocenters. The molecule has 110 valence electrons. The van der Waals surface area contributed by atoms with Crippen molar-refractivity contribution in [2.45, 2.75) is 27.3 Å². The molecule has 2 aromatic rings. The second kappa shape index (κ2) is 5.43. The fourth-order valence-corrected chi connectivity index (χ4v) is 2.35. The lowest BCUT2D eigenvalue weighted by Gasteiger charge is -2.06. The van der Waals surface area contributed by atoms with Gasteiger partial charge in [-0.3, -0.25) is 19.6 Å². The van der Waals surface area contributed by atoms with Gasteiger partial charge in [-0.15, -0.1) is 0 Å². The van der Waals surface area contributed by atoms with Gasteiger partial charge in [-0.2, -0.15) is 9.49 Å². The van der Waals surface area contributed by atoms with E-state index >= 15 is 0 Å². The summed E-state index contributed by atoms with van der Waals surface area (Å²) in [4.78, 5) is 21.5. The number of halogens is 1. The molecule has 0 saturated heterocycles. The molecule has 6 nitrogen and oxygen atoms in total. The van der Waals surface area contributed by atoms with E-state index in [1.807, 2.05) is 0 Å². The summed E-state index contributed by atoms with van der Waals surface area (Å²) < 4.78 is 15.5. The lowest BCUT2D eigenvalue weighted by Crippen LogP contribution is -2.08. The Labute approximate surface area is 120 Å². The molecule has 0 aliphatic carbocycles. The number of ketones is 1. The standard InChI is InChI=1S/C14H14FN3O3/c1-8-13(10(3)19)9(2)17(16-8)7-11-5-4-6-12(14(11)15)18(20)21/h4-6H,7H2,1-3H3. The average molecular weight is 291 g/mol. The van der Waals surface area contributed by atoms with Gasteiger partial charge in [0.15, 0.2) is 5.78 Å². The third kappa shape index (κ3) is 2.67. The maximum Gasteiger partial charge on any atom is 0.305 e. The van der Waals surface area contributed by atoms with Crippen molar-refractivity contribution in [1.29, 1.82) is 0 Å². The van der Waals surface area contributed by atoms with Gasteiger partial charge in [0.1, 0.15) is 0 Å². The summed E-state index contributed by atoms with van der Waals surface area (Å²) >= 11 is 0. The second-order valence-corrected chi connectivity index (χ2v) is 4.77. The van der Waals surface area contributed by atoms with Crippen LogP contribution in [0, 0.1) is 29.8 Å². The Balaban J connectivity index is 2.44. The number of rotatable bonds is 4.